The van der Waals surface area contributed by atoms with E-state index in [1.54, 1.807) is 37.3 Å². The van der Waals surface area contributed by atoms with Gasteiger partial charge in [-0.2, -0.15) is 4.39 Å². The van der Waals surface area contributed by atoms with E-state index < -0.39 is 11.5 Å². The Balaban J connectivity index is 1.93. The van der Waals surface area contributed by atoms with Crippen molar-refractivity contribution in [3.63, 3.8) is 0 Å². The minimum atomic E-state index is -0.953. The Morgan fingerprint density at radius 3 is 2.36 bits per heavy atom. The fourth-order valence-electron chi connectivity index (χ4n) is 3.54. The number of nitrogens with one attached hydrogen (secondary N) is 2. The quantitative estimate of drug-likeness (QED) is 0.686. The summed E-state index contributed by atoms with van der Waals surface area (Å²) in [6.07, 6.45) is 1.43. The van der Waals surface area contributed by atoms with Gasteiger partial charge in [-0.05, 0) is 43.7 Å². The van der Waals surface area contributed by atoms with Crippen molar-refractivity contribution in [3.05, 3.63) is 99.2 Å². The predicted molar refractivity (Wildman–Crippen MR) is 102 cm³/mol. The molecule has 0 radical (unpaired) electrons. The average Bonchev–Trinajstić information content (AvgIpc) is 3.03. The second-order valence-electron chi connectivity index (χ2n) is 6.85. The van der Waals surface area contributed by atoms with Crippen LogP contribution >= 0.6 is 0 Å². The van der Waals surface area contributed by atoms with E-state index in [4.69, 9.17) is 4.99 Å². The number of H-pyrrole nitrogens is 1. The highest BCUT2D eigenvalue weighted by atomic mass is 19.1. The first-order chi connectivity index (χ1) is 13.4. The van der Waals surface area contributed by atoms with Crippen LogP contribution in [0.1, 0.15) is 29.3 Å². The molecule has 5 nitrogen and oxygen atoms in total. The second-order valence-corrected chi connectivity index (χ2v) is 6.85. The number of benzene rings is 1. The lowest BCUT2D eigenvalue weighted by Crippen LogP contribution is -2.41. The summed E-state index contributed by atoms with van der Waals surface area (Å²) < 4.78 is 26.9. The van der Waals surface area contributed by atoms with E-state index in [0.29, 0.717) is 22.7 Å². The summed E-state index contributed by atoms with van der Waals surface area (Å²) >= 11 is 0. The summed E-state index contributed by atoms with van der Waals surface area (Å²) in [4.78, 5) is 23.5. The fraction of sp³-hybridized carbons (Fsp3) is 0.190. The lowest BCUT2D eigenvalue weighted by atomic mass is 9.79. The maximum atomic E-state index is 13.5. The molecule has 7 heteroatoms. The first-order valence-corrected chi connectivity index (χ1v) is 8.85. The summed E-state index contributed by atoms with van der Waals surface area (Å²) in [5.74, 6) is -0.455. The molecule has 28 heavy (non-hydrogen) atoms. The van der Waals surface area contributed by atoms with E-state index in [1.165, 1.54) is 24.4 Å². The van der Waals surface area contributed by atoms with Crippen molar-refractivity contribution in [1.29, 1.82) is 0 Å². The molecule has 1 aromatic carbocycles. The molecule has 0 unspecified atom stereocenters. The van der Waals surface area contributed by atoms with Gasteiger partial charge in [-0.25, -0.2) is 14.4 Å². The zero-order valence-corrected chi connectivity index (χ0v) is 15.3. The van der Waals surface area contributed by atoms with Crippen LogP contribution in [0.3, 0.4) is 0 Å². The normalized spacial score (nSPS) is 21.3. The van der Waals surface area contributed by atoms with Crippen LogP contribution in [0.2, 0.25) is 0 Å². The Labute approximate surface area is 160 Å². The van der Waals surface area contributed by atoms with Crippen LogP contribution in [0.25, 0.3) is 0 Å². The van der Waals surface area contributed by atoms with Crippen LogP contribution in [0, 0.1) is 18.7 Å². The SMILES string of the molecule is Cc1ccc(C2=N[C@](c3ccc(F)cc3)(c3ccc(F)nc3)[C@H](C)N2)[nH]c1=O. The third-order valence-corrected chi connectivity index (χ3v) is 5.08. The number of aromatic amines is 1. The maximum absolute atomic E-state index is 13.5. The third-order valence-electron chi connectivity index (χ3n) is 5.08. The standard InChI is InChI=1S/C21H18F2N4O/c1-12-3-9-17(26-20(12)28)19-25-13(2)21(27-19,14-4-7-16(22)8-5-14)15-6-10-18(23)24-11-15/h3-11,13H,1-2H3,(H,25,27)(H,26,28)/t13-,21+/m0/s1. The molecule has 0 saturated heterocycles. The Bertz CT molecular complexity index is 1060. The largest absolute Gasteiger partial charge is 0.363 e. The van der Waals surface area contributed by atoms with Crippen LogP contribution in [0.15, 0.2) is 64.5 Å². The van der Waals surface area contributed by atoms with E-state index >= 15 is 0 Å². The lowest BCUT2D eigenvalue weighted by Gasteiger charge is -2.31. The molecule has 3 heterocycles. The first kappa shape index (κ1) is 18.0. The Morgan fingerprint density at radius 1 is 1.00 bits per heavy atom. The molecule has 1 aliphatic heterocycles. The van der Waals surface area contributed by atoms with E-state index in [9.17, 15) is 13.6 Å². The van der Waals surface area contributed by atoms with Gasteiger partial charge in [0.2, 0.25) is 5.95 Å². The van der Waals surface area contributed by atoms with Crippen molar-refractivity contribution < 1.29 is 8.78 Å². The van der Waals surface area contributed by atoms with Crippen molar-refractivity contribution in [2.75, 3.05) is 0 Å². The Hall–Kier alpha value is -3.35. The van der Waals surface area contributed by atoms with Crippen molar-refractivity contribution >= 4 is 5.84 Å². The van der Waals surface area contributed by atoms with Gasteiger partial charge in [-0.15, -0.1) is 0 Å². The molecule has 0 saturated carbocycles. The zero-order valence-electron chi connectivity index (χ0n) is 15.3. The molecule has 3 aromatic rings. The molecule has 142 valence electrons. The van der Waals surface area contributed by atoms with E-state index in [1.807, 2.05) is 6.92 Å². The molecule has 1 aliphatic rings. The van der Waals surface area contributed by atoms with E-state index in [0.717, 1.165) is 5.56 Å². The van der Waals surface area contributed by atoms with Crippen molar-refractivity contribution in [2.24, 2.45) is 4.99 Å². The van der Waals surface area contributed by atoms with Crippen molar-refractivity contribution in [2.45, 2.75) is 25.4 Å². The fourth-order valence-corrected chi connectivity index (χ4v) is 3.54. The van der Waals surface area contributed by atoms with Crippen molar-refractivity contribution in [1.82, 2.24) is 15.3 Å². The van der Waals surface area contributed by atoms with Gasteiger partial charge in [0.15, 0.2) is 0 Å². The van der Waals surface area contributed by atoms with Gasteiger partial charge in [-0.1, -0.05) is 24.3 Å². The number of aliphatic imine (C=N–C) groups is 1. The summed E-state index contributed by atoms with van der Waals surface area (Å²) in [5.41, 5.74) is 1.38. The number of nitrogens with zero attached hydrogens (tertiary/aromatic N) is 2. The molecule has 0 bridgehead atoms. The number of pyridine rings is 2. The number of hydrogen-bond donors (Lipinski definition) is 2. The minimum absolute atomic E-state index is 0.197. The number of amidine groups is 1. The molecule has 2 N–H and O–H groups in total. The first-order valence-electron chi connectivity index (χ1n) is 8.85. The van der Waals surface area contributed by atoms with Crippen LogP contribution in [-0.4, -0.2) is 21.8 Å². The zero-order chi connectivity index (χ0) is 19.9. The maximum Gasteiger partial charge on any atom is 0.251 e. The van der Waals surface area contributed by atoms with Gasteiger partial charge in [0.05, 0.1) is 11.7 Å². The Kier molecular flexibility index (Phi) is 4.30. The summed E-state index contributed by atoms with van der Waals surface area (Å²) in [7, 11) is 0. The number of rotatable bonds is 3. The molecular weight excluding hydrogens is 362 g/mol. The summed E-state index contributed by atoms with van der Waals surface area (Å²) in [5, 5.41) is 3.30. The van der Waals surface area contributed by atoms with Crippen molar-refractivity contribution in [3.8, 4) is 0 Å². The summed E-state index contributed by atoms with van der Waals surface area (Å²) in [6, 6.07) is 12.2. The monoisotopic (exact) mass is 380 g/mol. The Morgan fingerprint density at radius 2 is 1.71 bits per heavy atom. The molecule has 0 spiro atoms. The molecular formula is C21H18F2N4O. The van der Waals surface area contributed by atoms with Crippen LogP contribution < -0.4 is 10.9 Å². The number of aryl methyl sites for hydroxylation is 1. The third kappa shape index (κ3) is 2.89. The molecule has 2 aromatic heterocycles. The molecule has 4 rings (SSSR count). The number of aromatic nitrogens is 2. The lowest BCUT2D eigenvalue weighted by molar-refractivity contribution is 0.449. The topological polar surface area (TPSA) is 70.1 Å². The van der Waals surface area contributed by atoms with Crippen LogP contribution in [0.4, 0.5) is 8.78 Å². The van der Waals surface area contributed by atoms with Gasteiger partial charge < -0.3 is 10.3 Å². The van der Waals surface area contributed by atoms with E-state index in [-0.39, 0.29) is 17.4 Å². The average molecular weight is 380 g/mol. The molecule has 0 amide bonds. The van der Waals surface area contributed by atoms with Crippen LogP contribution in [-0.2, 0) is 5.54 Å². The number of hydrogen-bond acceptors (Lipinski definition) is 4. The van der Waals surface area contributed by atoms with E-state index in [2.05, 4.69) is 15.3 Å². The smallest absolute Gasteiger partial charge is 0.251 e. The highest BCUT2D eigenvalue weighted by molar-refractivity contribution is 5.99. The van der Waals surface area contributed by atoms with Gasteiger partial charge in [0.25, 0.3) is 5.56 Å². The van der Waals surface area contributed by atoms with Gasteiger partial charge in [0.1, 0.15) is 17.2 Å². The van der Waals surface area contributed by atoms with Gasteiger partial charge >= 0.3 is 0 Å². The minimum Gasteiger partial charge on any atom is -0.363 e. The summed E-state index contributed by atoms with van der Waals surface area (Å²) in [6.45, 7) is 3.65. The highest BCUT2D eigenvalue weighted by Gasteiger charge is 2.45. The van der Waals surface area contributed by atoms with Gasteiger partial charge in [0, 0.05) is 17.3 Å². The number of halogens is 2. The predicted octanol–water partition coefficient (Wildman–Crippen LogP) is 3.04. The second kappa shape index (κ2) is 6.67. The molecule has 0 aliphatic carbocycles. The molecule has 2 atom stereocenters. The molecule has 0 fully saturated rings. The highest BCUT2D eigenvalue weighted by Crippen LogP contribution is 2.40. The van der Waals surface area contributed by atoms with Crippen LogP contribution in [0.5, 0.6) is 0 Å². The van der Waals surface area contributed by atoms with Gasteiger partial charge in [-0.3, -0.25) is 4.79 Å².